The Balaban J connectivity index is 1.10. The predicted octanol–water partition coefficient (Wildman–Crippen LogP) is 5.45. The standard InChI is InChI=1S/C43H46N6O15S/c1-24-36-35(25(2)50)40(52)46(36)37(41(53)62-21-26-5-11-30(12-6-26)47(56)57)39(24)65-33-18-34(45(20-33)43(55)64-23-28-9-15-32(16-10-28)49(60)61)38(51)29-4-3-17-44(19-29)42(54)63-22-27-7-13-31(14-8-27)48(58)59/h5-16,24-25,29,33-36,38,50-51H,3-4,17-23H2,1-2H3/t24-,25-,29?,33+,34+,35-,36-,38?/m1/s1. The van der Waals surface area contributed by atoms with Crippen LogP contribution in [0.3, 0.4) is 0 Å². The molecule has 0 bridgehead atoms. The smallest absolute Gasteiger partial charge is 0.410 e. The number of nitro benzene ring substituents is 3. The Morgan fingerprint density at radius 2 is 1.26 bits per heavy atom. The van der Waals surface area contributed by atoms with E-state index in [4.69, 9.17) is 14.2 Å². The summed E-state index contributed by atoms with van der Waals surface area (Å²) in [4.78, 5) is 91.0. The molecule has 3 aromatic carbocycles. The number of rotatable bonds is 15. The number of aliphatic hydroxyl groups excluding tert-OH is 2. The maximum Gasteiger partial charge on any atom is 0.410 e. The Kier molecular flexibility index (Phi) is 14.0. The van der Waals surface area contributed by atoms with Crippen molar-refractivity contribution < 1.29 is 58.4 Å². The molecule has 3 fully saturated rings. The summed E-state index contributed by atoms with van der Waals surface area (Å²) < 4.78 is 16.9. The number of nitro groups is 3. The van der Waals surface area contributed by atoms with Gasteiger partial charge in [0.25, 0.3) is 17.1 Å². The second kappa shape index (κ2) is 19.6. The SMILES string of the molecule is C[C@@H](O)[C@H]1C(=O)N2C(C(=O)OCc3ccc([N+](=O)[O-])cc3)=C(S[C@H]3C[C@@H](C(O)C4CCCN(C(=O)OCc5ccc([N+](=O)[O-])cc5)C4)N(C(=O)OCc4ccc([N+](=O)[O-])cc4)C3)[C@H](C)[C@H]12. The first-order chi connectivity index (χ1) is 31.0. The van der Waals surface area contributed by atoms with Crippen LogP contribution in [0.1, 0.15) is 49.8 Å². The number of carbonyl (C=O) groups excluding carboxylic acids is 4. The lowest BCUT2D eigenvalue weighted by Crippen LogP contribution is -2.63. The van der Waals surface area contributed by atoms with Crippen molar-refractivity contribution in [2.24, 2.45) is 17.8 Å². The fraction of sp³-hybridized carbons (Fsp3) is 0.442. The van der Waals surface area contributed by atoms with E-state index in [1.807, 2.05) is 6.92 Å². The number of fused-ring (bicyclic) bond motifs is 1. The van der Waals surface area contributed by atoms with Gasteiger partial charge < -0.3 is 39.1 Å². The van der Waals surface area contributed by atoms with Gasteiger partial charge in [0.1, 0.15) is 25.5 Å². The summed E-state index contributed by atoms with van der Waals surface area (Å²) in [6, 6.07) is 15.1. The summed E-state index contributed by atoms with van der Waals surface area (Å²) in [5.74, 6) is -3.04. The minimum absolute atomic E-state index is 0.0113. The van der Waals surface area contributed by atoms with Gasteiger partial charge in [-0.1, -0.05) is 6.92 Å². The monoisotopic (exact) mass is 918 g/mol. The third kappa shape index (κ3) is 10.0. The lowest BCUT2D eigenvalue weighted by atomic mass is 9.79. The summed E-state index contributed by atoms with van der Waals surface area (Å²) in [6.07, 6.45) is -2.43. The third-order valence-electron chi connectivity index (χ3n) is 12.3. The molecular weight excluding hydrogens is 873 g/mol. The molecule has 3 saturated heterocycles. The van der Waals surface area contributed by atoms with Crippen molar-refractivity contribution in [1.29, 1.82) is 0 Å². The maximum atomic E-state index is 14.0. The Morgan fingerprint density at radius 1 is 0.769 bits per heavy atom. The second-order valence-corrected chi connectivity index (χ2v) is 17.8. The van der Waals surface area contributed by atoms with Crippen LogP contribution >= 0.6 is 11.8 Å². The number of aliphatic hydroxyl groups is 2. The normalized spacial score (nSPS) is 23.6. The number of piperidine rings is 1. The van der Waals surface area contributed by atoms with Gasteiger partial charge in [0.05, 0.1) is 45.0 Å². The zero-order valence-electron chi connectivity index (χ0n) is 35.2. The van der Waals surface area contributed by atoms with E-state index in [0.717, 1.165) is 0 Å². The predicted molar refractivity (Wildman–Crippen MR) is 228 cm³/mol. The van der Waals surface area contributed by atoms with Crippen LogP contribution in [0, 0.1) is 48.1 Å². The number of ether oxygens (including phenoxy) is 3. The van der Waals surface area contributed by atoms with Crippen LogP contribution in [0.4, 0.5) is 26.7 Å². The average Bonchev–Trinajstić information content (AvgIpc) is 3.83. The van der Waals surface area contributed by atoms with Crippen LogP contribution in [0.5, 0.6) is 0 Å². The number of hydrogen-bond acceptors (Lipinski definition) is 16. The van der Waals surface area contributed by atoms with Gasteiger partial charge in [-0.25, -0.2) is 14.4 Å². The molecule has 344 valence electrons. The van der Waals surface area contributed by atoms with Gasteiger partial charge in [-0.15, -0.1) is 11.8 Å². The Bertz CT molecular complexity index is 2360. The van der Waals surface area contributed by atoms with Crippen molar-refractivity contribution in [3.05, 3.63) is 130 Å². The van der Waals surface area contributed by atoms with Gasteiger partial charge in [0, 0.05) is 78.0 Å². The van der Waals surface area contributed by atoms with E-state index in [1.165, 1.54) is 106 Å². The summed E-state index contributed by atoms with van der Waals surface area (Å²) >= 11 is 1.25. The molecule has 0 aromatic heterocycles. The minimum atomic E-state index is -1.18. The summed E-state index contributed by atoms with van der Waals surface area (Å²) in [5.41, 5.74) is 1.08. The zero-order chi connectivity index (χ0) is 46.7. The molecule has 21 nitrogen and oxygen atoms in total. The van der Waals surface area contributed by atoms with Crippen molar-refractivity contribution >= 4 is 52.9 Å². The van der Waals surface area contributed by atoms with E-state index >= 15 is 0 Å². The minimum Gasteiger partial charge on any atom is -0.456 e. The Hall–Kier alpha value is -6.65. The van der Waals surface area contributed by atoms with Crippen LogP contribution < -0.4 is 0 Å². The molecule has 4 aliphatic rings. The molecule has 22 heteroatoms. The molecule has 3 amide bonds. The molecule has 2 N–H and O–H groups in total. The quantitative estimate of drug-likeness (QED) is 0.0631. The van der Waals surface area contributed by atoms with Crippen LogP contribution in [0.15, 0.2) is 83.4 Å². The fourth-order valence-corrected chi connectivity index (χ4v) is 10.4. The lowest BCUT2D eigenvalue weighted by molar-refractivity contribution is -0.385. The number of nitrogens with zero attached hydrogens (tertiary/aromatic N) is 6. The number of β-lactam (4-membered cyclic amide) rings is 1. The van der Waals surface area contributed by atoms with E-state index in [1.54, 1.807) is 0 Å². The number of amides is 3. The largest absolute Gasteiger partial charge is 0.456 e. The molecule has 0 spiro atoms. The summed E-state index contributed by atoms with van der Waals surface area (Å²) in [6.45, 7) is 3.15. The van der Waals surface area contributed by atoms with Crippen molar-refractivity contribution in [3.8, 4) is 0 Å². The topological polar surface area (TPSA) is 276 Å². The van der Waals surface area contributed by atoms with Gasteiger partial charge in [0.2, 0.25) is 5.91 Å². The number of carbonyl (C=O) groups is 4. The third-order valence-corrected chi connectivity index (χ3v) is 13.8. The Morgan fingerprint density at radius 3 is 1.75 bits per heavy atom. The van der Waals surface area contributed by atoms with Gasteiger partial charge in [-0.05, 0) is 79.3 Å². The van der Waals surface area contributed by atoms with Crippen molar-refractivity contribution in [2.45, 2.75) is 82.5 Å². The molecule has 0 aliphatic carbocycles. The molecule has 2 unspecified atom stereocenters. The van der Waals surface area contributed by atoms with Crippen LogP contribution in [-0.2, 0) is 43.6 Å². The first kappa shape index (κ1) is 46.3. The molecule has 65 heavy (non-hydrogen) atoms. The van der Waals surface area contributed by atoms with Crippen LogP contribution in [0.25, 0.3) is 0 Å². The lowest BCUT2D eigenvalue weighted by Gasteiger charge is -2.46. The zero-order valence-corrected chi connectivity index (χ0v) is 36.0. The van der Waals surface area contributed by atoms with E-state index in [2.05, 4.69) is 0 Å². The molecule has 0 radical (unpaired) electrons. The molecule has 8 atom stereocenters. The number of benzene rings is 3. The summed E-state index contributed by atoms with van der Waals surface area (Å²) in [5, 5.41) is 55.5. The molecule has 4 heterocycles. The fourth-order valence-electron chi connectivity index (χ4n) is 8.89. The highest BCUT2D eigenvalue weighted by molar-refractivity contribution is 8.03. The second-order valence-electron chi connectivity index (χ2n) is 16.5. The van der Waals surface area contributed by atoms with E-state index < -0.39 is 86.1 Å². The number of thioether (sulfide) groups is 1. The van der Waals surface area contributed by atoms with Crippen LogP contribution in [0.2, 0.25) is 0 Å². The van der Waals surface area contributed by atoms with Gasteiger partial charge in [0.15, 0.2) is 0 Å². The number of hydrogen-bond donors (Lipinski definition) is 2. The van der Waals surface area contributed by atoms with E-state index in [0.29, 0.717) is 41.0 Å². The highest BCUT2D eigenvalue weighted by Gasteiger charge is 2.61. The Labute approximate surface area is 375 Å². The first-order valence-corrected chi connectivity index (χ1v) is 21.7. The molecule has 0 saturated carbocycles. The van der Waals surface area contributed by atoms with Crippen LogP contribution in [-0.4, -0.2) is 113 Å². The van der Waals surface area contributed by atoms with Crippen molar-refractivity contribution in [3.63, 3.8) is 0 Å². The molecule has 3 aromatic rings. The van der Waals surface area contributed by atoms with Gasteiger partial charge >= 0.3 is 18.2 Å². The maximum absolute atomic E-state index is 14.0. The van der Waals surface area contributed by atoms with Gasteiger partial charge in [-0.2, -0.15) is 0 Å². The van der Waals surface area contributed by atoms with E-state index in [9.17, 15) is 59.7 Å². The molecule has 4 aliphatic heterocycles. The average molecular weight is 919 g/mol. The molecular formula is C43H46N6O15S. The highest BCUT2D eigenvalue weighted by atomic mass is 32.2. The number of likely N-dealkylation sites (tertiary alicyclic amines) is 2. The summed E-state index contributed by atoms with van der Waals surface area (Å²) in [7, 11) is 0. The van der Waals surface area contributed by atoms with Crippen molar-refractivity contribution in [1.82, 2.24) is 14.7 Å². The number of non-ortho nitro benzene ring substituents is 3. The van der Waals surface area contributed by atoms with E-state index in [-0.39, 0.29) is 62.1 Å². The first-order valence-electron chi connectivity index (χ1n) is 20.8. The molecule has 7 rings (SSSR count). The number of esters is 1. The van der Waals surface area contributed by atoms with Gasteiger partial charge in [-0.3, -0.25) is 35.1 Å². The van der Waals surface area contributed by atoms with Crippen molar-refractivity contribution in [2.75, 3.05) is 19.6 Å². The highest BCUT2D eigenvalue weighted by Crippen LogP contribution is 2.53.